The van der Waals surface area contributed by atoms with Crippen molar-refractivity contribution in [1.82, 2.24) is 9.88 Å². The van der Waals surface area contributed by atoms with E-state index in [-0.39, 0.29) is 6.04 Å². The van der Waals surface area contributed by atoms with Gasteiger partial charge >= 0.3 is 0 Å². The summed E-state index contributed by atoms with van der Waals surface area (Å²) in [6.45, 7) is 2.95. The fraction of sp³-hybridized carbons (Fsp3) is 0.688. The third-order valence-electron chi connectivity index (χ3n) is 4.80. The van der Waals surface area contributed by atoms with Gasteiger partial charge in [0.15, 0.2) is 0 Å². The van der Waals surface area contributed by atoms with Gasteiger partial charge in [-0.15, -0.1) is 0 Å². The third kappa shape index (κ3) is 3.80. The van der Waals surface area contributed by atoms with Crippen LogP contribution in [-0.2, 0) is 0 Å². The maximum absolute atomic E-state index is 6.03. The minimum absolute atomic E-state index is 0.267. The first-order valence-corrected chi connectivity index (χ1v) is 8.47. The summed E-state index contributed by atoms with van der Waals surface area (Å²) in [6, 6.07) is 3.06. The van der Waals surface area contributed by atoms with Crippen LogP contribution in [0, 0.1) is 5.92 Å². The van der Waals surface area contributed by atoms with Crippen LogP contribution in [0.4, 0.5) is 0 Å². The molecule has 2 N–H and O–H groups in total. The molecule has 1 aromatic heterocycles. The van der Waals surface area contributed by atoms with Crippen molar-refractivity contribution in [2.75, 3.05) is 13.6 Å². The molecule has 0 bridgehead atoms. The van der Waals surface area contributed by atoms with Gasteiger partial charge in [0.05, 0.1) is 0 Å². The molecule has 1 fully saturated rings. The highest BCUT2D eigenvalue weighted by atomic mass is 79.9. The van der Waals surface area contributed by atoms with E-state index in [0.717, 1.165) is 10.4 Å². The quantitative estimate of drug-likeness (QED) is 0.888. The number of halogens is 1. The summed E-state index contributed by atoms with van der Waals surface area (Å²) in [6.07, 6.45) is 10.4. The topological polar surface area (TPSA) is 42.1 Å². The van der Waals surface area contributed by atoms with E-state index in [9.17, 15) is 0 Å². The molecule has 112 valence electrons. The molecule has 1 unspecified atom stereocenters. The first kappa shape index (κ1) is 15.9. The van der Waals surface area contributed by atoms with Crippen LogP contribution in [0.1, 0.15) is 50.6 Å². The van der Waals surface area contributed by atoms with E-state index in [1.165, 1.54) is 37.7 Å². The lowest BCUT2D eigenvalue weighted by Crippen LogP contribution is -2.40. The summed E-state index contributed by atoms with van der Waals surface area (Å²) in [5.74, 6) is 0.934. The molecule has 0 spiro atoms. The fourth-order valence-corrected chi connectivity index (χ4v) is 3.75. The van der Waals surface area contributed by atoms with Crippen LogP contribution in [0.5, 0.6) is 0 Å². The molecule has 0 aliphatic heterocycles. The molecule has 1 atom stereocenters. The number of hydrogen-bond donors (Lipinski definition) is 1. The molecule has 0 saturated heterocycles. The lowest BCUT2D eigenvalue weighted by Gasteiger charge is -2.38. The largest absolute Gasteiger partial charge is 0.329 e. The normalized spacial score (nSPS) is 24.9. The number of pyridine rings is 1. The predicted octanol–water partition coefficient (Wildman–Crippen LogP) is 3.74. The van der Waals surface area contributed by atoms with E-state index in [1.54, 1.807) is 0 Å². The Kier molecular flexibility index (Phi) is 6.00. The molecule has 1 aliphatic carbocycles. The lowest BCUT2D eigenvalue weighted by atomic mass is 9.83. The van der Waals surface area contributed by atoms with Gasteiger partial charge in [-0.25, -0.2) is 0 Å². The summed E-state index contributed by atoms with van der Waals surface area (Å²) in [4.78, 5) is 6.74. The van der Waals surface area contributed by atoms with Crippen molar-refractivity contribution in [2.24, 2.45) is 11.7 Å². The van der Waals surface area contributed by atoms with Crippen molar-refractivity contribution >= 4 is 15.9 Å². The van der Waals surface area contributed by atoms with E-state index < -0.39 is 0 Å². The number of rotatable bonds is 5. The summed E-state index contributed by atoms with van der Waals surface area (Å²) in [5.41, 5.74) is 7.24. The van der Waals surface area contributed by atoms with Gasteiger partial charge < -0.3 is 5.73 Å². The van der Waals surface area contributed by atoms with Crippen LogP contribution >= 0.6 is 15.9 Å². The average Bonchev–Trinajstić information content (AvgIpc) is 2.48. The summed E-state index contributed by atoms with van der Waals surface area (Å²) in [5, 5.41) is 0. The molecular weight excluding hydrogens is 314 g/mol. The highest BCUT2D eigenvalue weighted by molar-refractivity contribution is 9.10. The predicted molar refractivity (Wildman–Crippen MR) is 87.5 cm³/mol. The van der Waals surface area contributed by atoms with E-state index in [1.807, 2.05) is 12.4 Å². The van der Waals surface area contributed by atoms with Crippen LogP contribution in [-0.4, -0.2) is 29.5 Å². The van der Waals surface area contributed by atoms with Gasteiger partial charge in [-0.2, -0.15) is 0 Å². The zero-order valence-corrected chi connectivity index (χ0v) is 14.1. The summed E-state index contributed by atoms with van der Waals surface area (Å²) >= 11 is 3.50. The van der Waals surface area contributed by atoms with Gasteiger partial charge in [0.25, 0.3) is 0 Å². The first-order valence-electron chi connectivity index (χ1n) is 7.68. The van der Waals surface area contributed by atoms with Crippen LogP contribution in [0.3, 0.4) is 0 Å². The van der Waals surface area contributed by atoms with Crippen molar-refractivity contribution in [1.29, 1.82) is 0 Å². The third-order valence-corrected chi connectivity index (χ3v) is 5.23. The zero-order valence-electron chi connectivity index (χ0n) is 12.6. The Labute approximate surface area is 131 Å². The monoisotopic (exact) mass is 339 g/mol. The minimum atomic E-state index is 0.267. The van der Waals surface area contributed by atoms with E-state index in [0.29, 0.717) is 12.6 Å². The summed E-state index contributed by atoms with van der Waals surface area (Å²) < 4.78 is 1.02. The van der Waals surface area contributed by atoms with E-state index in [2.05, 4.69) is 45.9 Å². The molecule has 0 aromatic carbocycles. The van der Waals surface area contributed by atoms with Crippen molar-refractivity contribution in [3.05, 3.63) is 28.5 Å². The van der Waals surface area contributed by atoms with Crippen molar-refractivity contribution < 1.29 is 0 Å². The Balaban J connectivity index is 2.04. The number of nitrogens with two attached hydrogens (primary N) is 1. The maximum Gasteiger partial charge on any atom is 0.0485 e. The zero-order chi connectivity index (χ0) is 14.5. The van der Waals surface area contributed by atoms with Crippen LogP contribution in [0.15, 0.2) is 22.9 Å². The Morgan fingerprint density at radius 1 is 1.35 bits per heavy atom. The molecule has 1 heterocycles. The Morgan fingerprint density at radius 3 is 2.60 bits per heavy atom. The standard InChI is InChI=1S/C16H26BrN3/c1-3-12-4-6-15(7-5-12)20(2)16(9-18)13-8-14(17)11-19-10-13/h8,10-12,15-16H,3-7,9,18H2,1-2H3. The molecule has 3 nitrogen and oxygen atoms in total. The first-order chi connectivity index (χ1) is 9.65. The Hall–Kier alpha value is -0.450. The van der Waals surface area contributed by atoms with Gasteiger partial charge in [0, 0.05) is 35.5 Å². The molecule has 1 saturated carbocycles. The molecule has 4 heteroatoms. The van der Waals surface area contributed by atoms with Crippen LogP contribution in [0.25, 0.3) is 0 Å². The molecule has 0 amide bonds. The Morgan fingerprint density at radius 2 is 2.05 bits per heavy atom. The van der Waals surface area contributed by atoms with Crippen molar-refractivity contribution in [3.63, 3.8) is 0 Å². The van der Waals surface area contributed by atoms with E-state index in [4.69, 9.17) is 5.73 Å². The summed E-state index contributed by atoms with van der Waals surface area (Å²) in [7, 11) is 2.22. The molecule has 1 aromatic rings. The molecular formula is C16H26BrN3. The van der Waals surface area contributed by atoms with Gasteiger partial charge in [0.1, 0.15) is 0 Å². The Bertz CT molecular complexity index is 416. The number of nitrogens with zero attached hydrogens (tertiary/aromatic N) is 2. The molecule has 2 rings (SSSR count). The van der Waals surface area contributed by atoms with Crippen LogP contribution < -0.4 is 5.73 Å². The second-order valence-corrected chi connectivity index (χ2v) is 6.85. The minimum Gasteiger partial charge on any atom is -0.329 e. The number of likely N-dealkylation sites (N-methyl/N-ethyl adjacent to an activating group) is 1. The SMILES string of the molecule is CCC1CCC(N(C)C(CN)c2cncc(Br)c2)CC1. The highest BCUT2D eigenvalue weighted by Gasteiger charge is 2.27. The van der Waals surface area contributed by atoms with Crippen molar-refractivity contribution in [3.8, 4) is 0 Å². The number of hydrogen-bond acceptors (Lipinski definition) is 3. The average molecular weight is 340 g/mol. The second kappa shape index (κ2) is 7.53. The maximum atomic E-state index is 6.03. The highest BCUT2D eigenvalue weighted by Crippen LogP contribution is 2.32. The fourth-order valence-electron chi connectivity index (χ4n) is 3.36. The molecule has 20 heavy (non-hydrogen) atoms. The van der Waals surface area contributed by atoms with Gasteiger partial charge in [0.2, 0.25) is 0 Å². The van der Waals surface area contributed by atoms with Gasteiger partial charge in [-0.3, -0.25) is 9.88 Å². The molecule has 0 radical (unpaired) electrons. The lowest BCUT2D eigenvalue weighted by molar-refractivity contribution is 0.122. The van der Waals surface area contributed by atoms with Gasteiger partial charge in [-0.05, 0) is 66.2 Å². The van der Waals surface area contributed by atoms with Crippen molar-refractivity contribution in [2.45, 2.75) is 51.1 Å². The number of aromatic nitrogens is 1. The smallest absolute Gasteiger partial charge is 0.0485 e. The van der Waals surface area contributed by atoms with Crippen LogP contribution in [0.2, 0.25) is 0 Å². The van der Waals surface area contributed by atoms with E-state index >= 15 is 0 Å². The molecule has 1 aliphatic rings. The second-order valence-electron chi connectivity index (χ2n) is 5.94. The van der Waals surface area contributed by atoms with Gasteiger partial charge in [-0.1, -0.05) is 13.3 Å².